The van der Waals surface area contributed by atoms with Gasteiger partial charge in [0.25, 0.3) is 0 Å². The fraction of sp³-hybridized carbons (Fsp3) is 1.00. The summed E-state index contributed by atoms with van der Waals surface area (Å²) >= 11 is 0. The summed E-state index contributed by atoms with van der Waals surface area (Å²) in [5, 5.41) is 0. The largest absolute Gasteiger partial charge is 0.676 e. The van der Waals surface area contributed by atoms with E-state index in [4.69, 9.17) is 4.80 Å². The Morgan fingerprint density at radius 1 is 1.00 bits per heavy atom. The highest BCUT2D eigenvalue weighted by Gasteiger charge is 2.36. The molecule has 0 radical (unpaired) electrons. The first-order chi connectivity index (χ1) is 3.68. The predicted octanol–water partition coefficient (Wildman–Crippen LogP) is -1.47. The van der Waals surface area contributed by atoms with Crippen LogP contribution in [0.4, 0.5) is 0 Å². The monoisotopic (exact) mass is 156 g/mol. The molecule has 9 heavy (non-hydrogen) atoms. The summed E-state index contributed by atoms with van der Waals surface area (Å²) in [6.07, 6.45) is 0. The molecule has 0 aliphatic rings. The van der Waals surface area contributed by atoms with Crippen LogP contribution in [0.2, 0.25) is 0 Å². The van der Waals surface area contributed by atoms with E-state index in [9.17, 15) is 0 Å². The van der Waals surface area contributed by atoms with Gasteiger partial charge in [0, 0.05) is 21.3 Å². The normalized spacial score (nSPS) is 10.7. The van der Waals surface area contributed by atoms with Gasteiger partial charge in [0.05, 0.1) is 0 Å². The van der Waals surface area contributed by atoms with Gasteiger partial charge in [0.1, 0.15) is 0 Å². The highest BCUT2D eigenvalue weighted by atomic mass is 28.4. The third-order valence-electron chi connectivity index (χ3n) is 0.774. The maximum atomic E-state index is 8.91. The van der Waals surface area contributed by atoms with Crippen LogP contribution >= 0.6 is 0 Å². The van der Waals surface area contributed by atoms with Crippen molar-refractivity contribution in [2.24, 2.45) is 0 Å². The van der Waals surface area contributed by atoms with Gasteiger partial charge in [-0.2, -0.15) is 0 Å². The van der Waals surface area contributed by atoms with Crippen molar-refractivity contribution in [1.82, 2.24) is 0 Å². The summed E-state index contributed by atoms with van der Waals surface area (Å²) in [6.45, 7) is 0. The Balaban J connectivity index is 0. The zero-order chi connectivity index (χ0) is 6.62. The van der Waals surface area contributed by atoms with Crippen molar-refractivity contribution in [1.29, 1.82) is 0 Å². The van der Waals surface area contributed by atoms with Crippen LogP contribution in [0.3, 0.4) is 0 Å². The molecule has 0 unspecified atom stereocenters. The maximum absolute atomic E-state index is 8.91. The molecule has 0 rings (SSSR count). The van der Waals surface area contributed by atoms with Crippen molar-refractivity contribution in [3.8, 4) is 0 Å². The molecular formula is C3H12O5Si. The third kappa shape index (κ3) is 3.57. The van der Waals surface area contributed by atoms with E-state index in [1.807, 2.05) is 0 Å². The van der Waals surface area contributed by atoms with Gasteiger partial charge in [0.15, 0.2) is 0 Å². The smallest absolute Gasteiger partial charge is 0.412 e. The fourth-order valence-electron chi connectivity index (χ4n) is 0.250. The Labute approximate surface area is 55.0 Å². The van der Waals surface area contributed by atoms with Gasteiger partial charge in [-0.3, -0.25) is 0 Å². The molecule has 0 aromatic heterocycles. The molecule has 58 valence electrons. The minimum Gasteiger partial charge on any atom is -0.412 e. The molecule has 0 atom stereocenters. The summed E-state index contributed by atoms with van der Waals surface area (Å²) in [7, 11) is 0.826. The van der Waals surface area contributed by atoms with Crippen molar-refractivity contribution in [2.75, 3.05) is 21.3 Å². The van der Waals surface area contributed by atoms with Crippen molar-refractivity contribution < 1.29 is 23.5 Å². The van der Waals surface area contributed by atoms with Gasteiger partial charge < -0.3 is 23.5 Å². The lowest BCUT2D eigenvalue weighted by Gasteiger charge is -2.14. The average molecular weight is 156 g/mol. The van der Waals surface area contributed by atoms with Crippen LogP contribution in [-0.2, 0) is 13.3 Å². The Morgan fingerprint density at radius 2 is 1.22 bits per heavy atom. The lowest BCUT2D eigenvalue weighted by atomic mass is 11.8. The molecule has 0 aliphatic heterocycles. The van der Waals surface area contributed by atoms with Crippen LogP contribution in [0.5, 0.6) is 0 Å². The first kappa shape index (κ1) is 11.8. The highest BCUT2D eigenvalue weighted by Crippen LogP contribution is 1.97. The van der Waals surface area contributed by atoms with E-state index in [0.717, 1.165) is 0 Å². The number of hydrogen-bond donors (Lipinski definition) is 1. The van der Waals surface area contributed by atoms with E-state index in [0.29, 0.717) is 0 Å². The van der Waals surface area contributed by atoms with Crippen molar-refractivity contribution >= 4 is 9.05 Å². The highest BCUT2D eigenvalue weighted by molar-refractivity contribution is 6.51. The molecule has 0 bridgehead atoms. The van der Waals surface area contributed by atoms with Crippen LogP contribution in [0.1, 0.15) is 0 Å². The number of rotatable bonds is 3. The van der Waals surface area contributed by atoms with Crippen LogP contribution in [-0.4, -0.2) is 40.6 Å². The molecule has 3 N–H and O–H groups in total. The van der Waals surface area contributed by atoms with Gasteiger partial charge >= 0.3 is 9.05 Å². The Bertz CT molecular complexity index is 55.0. The molecule has 5 nitrogen and oxygen atoms in total. The van der Waals surface area contributed by atoms with E-state index < -0.39 is 9.05 Å². The number of hydrogen-bond acceptors (Lipinski definition) is 4. The molecule has 0 saturated carbocycles. The fourth-order valence-corrected chi connectivity index (χ4v) is 0.750. The van der Waals surface area contributed by atoms with Crippen molar-refractivity contribution in [2.45, 2.75) is 0 Å². The molecule has 0 fully saturated rings. The van der Waals surface area contributed by atoms with Gasteiger partial charge in [-0.1, -0.05) is 0 Å². The van der Waals surface area contributed by atoms with Crippen LogP contribution in [0.25, 0.3) is 0 Å². The quantitative estimate of drug-likeness (QED) is 0.506. The van der Waals surface area contributed by atoms with Crippen molar-refractivity contribution in [3.63, 3.8) is 0 Å². The van der Waals surface area contributed by atoms with Crippen LogP contribution < -0.4 is 0 Å². The first-order valence-corrected chi connectivity index (χ1v) is 3.73. The lowest BCUT2D eigenvalue weighted by molar-refractivity contribution is 0.0418. The second kappa shape index (κ2) is 4.85. The zero-order valence-corrected chi connectivity index (χ0v) is 6.67. The molecular weight excluding hydrogens is 144 g/mol. The minimum atomic E-state index is -3.17. The minimum absolute atomic E-state index is 0. The SMILES string of the molecule is CO[Si](O)(OC)OC.O. The third-order valence-corrected chi connectivity index (χ3v) is 2.32. The maximum Gasteiger partial charge on any atom is 0.676 e. The molecule has 0 heterocycles. The van der Waals surface area contributed by atoms with Crippen LogP contribution in [0, 0.1) is 0 Å². The summed E-state index contributed by atoms with van der Waals surface area (Å²) < 4.78 is 13.5. The van der Waals surface area contributed by atoms with Crippen molar-refractivity contribution in [3.05, 3.63) is 0 Å². The van der Waals surface area contributed by atoms with E-state index in [1.165, 1.54) is 21.3 Å². The van der Waals surface area contributed by atoms with Gasteiger partial charge in [0.2, 0.25) is 0 Å². The van der Waals surface area contributed by atoms with E-state index in [-0.39, 0.29) is 5.48 Å². The predicted molar refractivity (Wildman–Crippen MR) is 32.6 cm³/mol. The van der Waals surface area contributed by atoms with Gasteiger partial charge in [-0.25, -0.2) is 0 Å². The zero-order valence-electron chi connectivity index (χ0n) is 5.67. The van der Waals surface area contributed by atoms with Gasteiger partial charge in [-0.15, -0.1) is 0 Å². The van der Waals surface area contributed by atoms with E-state index >= 15 is 0 Å². The molecule has 0 aromatic rings. The molecule has 0 amide bonds. The van der Waals surface area contributed by atoms with Crippen LogP contribution in [0.15, 0.2) is 0 Å². The average Bonchev–Trinajstić information content (AvgIpc) is 1.87. The standard InChI is InChI=1S/C3H10O4Si.H2O/c1-5-8(4,6-2)7-3;/h4H,1-3H3;1H2. The topological polar surface area (TPSA) is 79.4 Å². The molecule has 0 saturated heterocycles. The molecule has 0 spiro atoms. The second-order valence-electron chi connectivity index (χ2n) is 1.14. The first-order valence-electron chi connectivity index (χ1n) is 2.06. The van der Waals surface area contributed by atoms with Gasteiger partial charge in [-0.05, 0) is 0 Å². The summed E-state index contributed by atoms with van der Waals surface area (Å²) in [5.41, 5.74) is 0. The summed E-state index contributed by atoms with van der Waals surface area (Å²) in [4.78, 5) is 8.91. The van der Waals surface area contributed by atoms with E-state index in [1.54, 1.807) is 0 Å². The Morgan fingerprint density at radius 3 is 1.22 bits per heavy atom. The summed E-state index contributed by atoms with van der Waals surface area (Å²) in [6, 6.07) is 0. The molecule has 0 aliphatic carbocycles. The molecule has 6 heteroatoms. The Kier molecular flexibility index (Phi) is 6.35. The molecule has 0 aromatic carbocycles. The summed E-state index contributed by atoms with van der Waals surface area (Å²) in [5.74, 6) is 0. The lowest BCUT2D eigenvalue weighted by Crippen LogP contribution is -2.42. The Hall–Kier alpha value is 0.0169. The second-order valence-corrected chi connectivity index (χ2v) is 3.41. The van der Waals surface area contributed by atoms with E-state index in [2.05, 4.69) is 13.3 Å².